The molecule has 1 saturated heterocycles. The summed E-state index contributed by atoms with van der Waals surface area (Å²) in [5.41, 5.74) is 2.44. The van der Waals surface area contributed by atoms with Gasteiger partial charge in [-0.05, 0) is 18.4 Å². The van der Waals surface area contributed by atoms with E-state index < -0.39 is 6.67 Å². The molecular weight excluding hydrogens is 391 g/mol. The van der Waals surface area contributed by atoms with Crippen LogP contribution in [0.25, 0.3) is 21.6 Å². The highest BCUT2D eigenvalue weighted by atomic mass is 32.1. The molecule has 0 spiro atoms. The lowest BCUT2D eigenvalue weighted by atomic mass is 9.95. The third-order valence-corrected chi connectivity index (χ3v) is 6.09. The Kier molecular flexibility index (Phi) is 5.45. The maximum absolute atomic E-state index is 13.0. The van der Waals surface area contributed by atoms with E-state index >= 15 is 0 Å². The topological polar surface area (TPSA) is 97.7 Å². The number of amides is 1. The van der Waals surface area contributed by atoms with Gasteiger partial charge in [0.1, 0.15) is 23.8 Å². The second-order valence-corrected chi connectivity index (χ2v) is 8.48. The average molecular weight is 412 g/mol. The minimum Gasteiger partial charge on any atom is -0.379 e. The van der Waals surface area contributed by atoms with Crippen LogP contribution in [-0.2, 0) is 11.5 Å². The third-order valence-electron chi connectivity index (χ3n) is 5.09. The zero-order valence-corrected chi connectivity index (χ0v) is 16.8. The van der Waals surface area contributed by atoms with Gasteiger partial charge in [0, 0.05) is 43.1 Å². The van der Waals surface area contributed by atoms with Crippen molar-refractivity contribution in [2.45, 2.75) is 32.5 Å². The van der Waals surface area contributed by atoms with Crippen LogP contribution in [-0.4, -0.2) is 44.9 Å². The van der Waals surface area contributed by atoms with Crippen LogP contribution in [0.2, 0.25) is 0 Å². The number of H-pyrrole nitrogens is 1. The first-order valence-electron chi connectivity index (χ1n) is 9.47. The Balaban J connectivity index is 1.67. The molecule has 3 aromatic rings. The Morgan fingerprint density at radius 2 is 2.31 bits per heavy atom. The summed E-state index contributed by atoms with van der Waals surface area (Å²) in [6, 6.07) is 3.92. The summed E-state index contributed by atoms with van der Waals surface area (Å²) in [4.78, 5) is 26.5. The Bertz CT molecular complexity index is 1070. The Hall–Kier alpha value is -2.99. The fourth-order valence-corrected chi connectivity index (χ4v) is 4.64. The molecule has 0 saturated carbocycles. The Morgan fingerprint density at radius 1 is 1.45 bits per heavy atom. The molecule has 150 valence electrons. The number of hydrogen-bond acceptors (Lipinski definition) is 6. The normalized spacial score (nSPS) is 19.3. The third kappa shape index (κ3) is 3.93. The van der Waals surface area contributed by atoms with Gasteiger partial charge in [-0.25, -0.2) is 14.4 Å². The van der Waals surface area contributed by atoms with Crippen molar-refractivity contribution in [3.8, 4) is 16.6 Å². The first-order valence-corrected chi connectivity index (χ1v) is 10.3. The fraction of sp³-hybridized carbons (Fsp3) is 0.400. The molecule has 1 amide bonds. The molecule has 7 nitrogen and oxygen atoms in total. The molecule has 0 unspecified atom stereocenters. The van der Waals surface area contributed by atoms with Crippen molar-refractivity contribution in [1.82, 2.24) is 19.9 Å². The van der Waals surface area contributed by atoms with Crippen molar-refractivity contribution in [3.05, 3.63) is 29.5 Å². The van der Waals surface area contributed by atoms with Gasteiger partial charge in [0.05, 0.1) is 22.2 Å². The molecule has 1 aliphatic rings. The second kappa shape index (κ2) is 8.17. The second-order valence-electron chi connectivity index (χ2n) is 7.37. The zero-order chi connectivity index (χ0) is 20.4. The van der Waals surface area contributed by atoms with Gasteiger partial charge in [-0.1, -0.05) is 6.92 Å². The van der Waals surface area contributed by atoms with Crippen LogP contribution in [0, 0.1) is 17.2 Å². The number of nitriles is 1. The molecule has 4 heterocycles. The van der Waals surface area contributed by atoms with E-state index in [1.165, 1.54) is 11.3 Å². The van der Waals surface area contributed by atoms with Crippen molar-refractivity contribution >= 4 is 34.0 Å². The molecule has 1 fully saturated rings. The van der Waals surface area contributed by atoms with E-state index in [1.54, 1.807) is 17.3 Å². The molecule has 2 N–H and O–H groups in total. The number of nitrogens with one attached hydrogen (secondary N) is 2. The minimum atomic E-state index is -0.545. The van der Waals surface area contributed by atoms with E-state index in [2.05, 4.69) is 27.2 Å². The van der Waals surface area contributed by atoms with Crippen LogP contribution in [0.1, 0.15) is 24.6 Å². The monoisotopic (exact) mass is 412 g/mol. The van der Waals surface area contributed by atoms with E-state index in [1.807, 2.05) is 18.3 Å². The predicted molar refractivity (Wildman–Crippen MR) is 110 cm³/mol. The molecule has 4 rings (SSSR count). The number of carbonyl (C=O) groups excluding carboxylic acids is 1. The number of pyridine rings is 1. The van der Waals surface area contributed by atoms with Crippen molar-refractivity contribution in [1.29, 1.82) is 5.26 Å². The van der Waals surface area contributed by atoms with E-state index in [9.17, 15) is 9.18 Å². The molecule has 0 aliphatic carbocycles. The van der Waals surface area contributed by atoms with E-state index in [-0.39, 0.29) is 18.4 Å². The number of alkyl halides is 1. The van der Waals surface area contributed by atoms with Crippen LogP contribution in [0.4, 0.5) is 10.1 Å². The Labute approximate surface area is 171 Å². The molecule has 29 heavy (non-hydrogen) atoms. The molecule has 0 radical (unpaired) electrons. The smallest absolute Gasteiger partial charge is 0.236 e. The summed E-state index contributed by atoms with van der Waals surface area (Å²) < 4.78 is 13.0. The van der Waals surface area contributed by atoms with E-state index in [4.69, 9.17) is 5.26 Å². The van der Waals surface area contributed by atoms with Gasteiger partial charge >= 0.3 is 0 Å². The number of likely N-dealkylation sites (tertiary alicyclic amines) is 1. The minimum absolute atomic E-state index is 0.0289. The fourth-order valence-electron chi connectivity index (χ4n) is 3.86. The van der Waals surface area contributed by atoms with Crippen LogP contribution >= 0.6 is 11.3 Å². The molecular formula is C20H21FN6OS. The van der Waals surface area contributed by atoms with Gasteiger partial charge < -0.3 is 15.2 Å². The molecule has 0 aromatic carbocycles. The van der Waals surface area contributed by atoms with E-state index in [0.29, 0.717) is 28.9 Å². The summed E-state index contributed by atoms with van der Waals surface area (Å²) in [6.45, 7) is 2.75. The van der Waals surface area contributed by atoms with Gasteiger partial charge in [-0.15, -0.1) is 11.3 Å². The number of fused-ring (bicyclic) bond motifs is 1. The number of carbonyl (C=O) groups is 1. The summed E-state index contributed by atoms with van der Waals surface area (Å²) >= 11 is 1.31. The highest BCUT2D eigenvalue weighted by Crippen LogP contribution is 2.37. The molecule has 0 bridgehead atoms. The van der Waals surface area contributed by atoms with Gasteiger partial charge in [0.25, 0.3) is 0 Å². The number of hydrogen-bond donors (Lipinski definition) is 2. The maximum Gasteiger partial charge on any atom is 0.236 e. The van der Waals surface area contributed by atoms with E-state index in [0.717, 1.165) is 28.7 Å². The average Bonchev–Trinajstić information content (AvgIpc) is 3.37. The first-order chi connectivity index (χ1) is 14.1. The van der Waals surface area contributed by atoms with Gasteiger partial charge in [-0.3, -0.25) is 4.79 Å². The van der Waals surface area contributed by atoms with Crippen LogP contribution in [0.15, 0.2) is 24.7 Å². The lowest BCUT2D eigenvalue weighted by Gasteiger charge is -2.37. The number of nitrogens with zero attached hydrogens (tertiary/aromatic N) is 4. The number of thiazole rings is 1. The summed E-state index contributed by atoms with van der Waals surface area (Å²) in [5, 5.41) is 14.1. The Morgan fingerprint density at radius 3 is 3.07 bits per heavy atom. The molecule has 1 aliphatic heterocycles. The van der Waals surface area contributed by atoms with Crippen LogP contribution < -0.4 is 5.32 Å². The van der Waals surface area contributed by atoms with Crippen LogP contribution in [0.5, 0.6) is 0 Å². The van der Waals surface area contributed by atoms with Crippen molar-refractivity contribution in [2.24, 2.45) is 5.92 Å². The standard InChI is InChI=1S/C20H21FN6OS/c1-12-6-13(11-27(10-12)17(28)2-4-22)26-18-15-3-5-23-19(15)24-9-16(18)20-25-8-14(7-21)29-20/h3,5,8-9,12-13H,2,6-7,10-11H2,1H3,(H2,23,24,26)/t12-,13+/m0/s1. The predicted octanol–water partition coefficient (Wildman–Crippen LogP) is 3.72. The van der Waals surface area contributed by atoms with Crippen molar-refractivity contribution in [3.63, 3.8) is 0 Å². The summed E-state index contributed by atoms with van der Waals surface area (Å²) in [7, 11) is 0. The number of halogens is 1. The van der Waals surface area contributed by atoms with Crippen LogP contribution in [0.3, 0.4) is 0 Å². The number of aromatic nitrogens is 3. The quantitative estimate of drug-likeness (QED) is 0.666. The lowest BCUT2D eigenvalue weighted by molar-refractivity contribution is -0.132. The SMILES string of the molecule is C[C@H]1C[C@@H](Nc2c(-c3ncc(CF)s3)cnc3[nH]ccc23)CN(C(=O)CC#N)C1. The van der Waals surface area contributed by atoms with Crippen molar-refractivity contribution < 1.29 is 9.18 Å². The van der Waals surface area contributed by atoms with Gasteiger partial charge in [0.2, 0.25) is 5.91 Å². The maximum atomic E-state index is 13.0. The summed E-state index contributed by atoms with van der Waals surface area (Å²) in [5.74, 6) is 0.175. The number of anilines is 1. The van der Waals surface area contributed by atoms with Gasteiger partial charge in [0.15, 0.2) is 0 Å². The van der Waals surface area contributed by atoms with Gasteiger partial charge in [-0.2, -0.15) is 5.26 Å². The highest BCUT2D eigenvalue weighted by Gasteiger charge is 2.29. The number of rotatable bonds is 5. The number of piperidine rings is 1. The lowest BCUT2D eigenvalue weighted by Crippen LogP contribution is -2.48. The van der Waals surface area contributed by atoms with Crippen molar-refractivity contribution in [2.75, 3.05) is 18.4 Å². The molecule has 9 heteroatoms. The zero-order valence-electron chi connectivity index (χ0n) is 16.0. The molecule has 2 atom stereocenters. The highest BCUT2D eigenvalue weighted by molar-refractivity contribution is 7.15. The first kappa shape index (κ1) is 19.3. The largest absolute Gasteiger partial charge is 0.379 e. The summed E-state index contributed by atoms with van der Waals surface area (Å²) in [6.07, 6.45) is 5.92. The molecule has 3 aromatic heterocycles. The number of aromatic amines is 1.